The third-order valence-electron chi connectivity index (χ3n) is 2.77. The first kappa shape index (κ1) is 14.1. The lowest BCUT2D eigenvalue weighted by Gasteiger charge is -2.32. The van der Waals surface area contributed by atoms with Crippen LogP contribution in [0.15, 0.2) is 10.7 Å². The number of nitrogens with one attached hydrogen (secondary N) is 2. The SMILES string of the molecule is CN(C)C(C)(C)CNc1nc(NN)ncc1Br. The number of nitrogen functional groups attached to an aromatic ring is 1. The summed E-state index contributed by atoms with van der Waals surface area (Å²) in [6.45, 7) is 5.06. The Kier molecular flexibility index (Phi) is 4.67. The zero-order valence-corrected chi connectivity index (χ0v) is 12.2. The molecule has 96 valence electrons. The third-order valence-corrected chi connectivity index (χ3v) is 3.35. The van der Waals surface area contributed by atoms with Gasteiger partial charge in [0, 0.05) is 18.3 Å². The Morgan fingerprint density at radius 3 is 2.65 bits per heavy atom. The molecule has 0 atom stereocenters. The second-order valence-corrected chi connectivity index (χ2v) is 5.45. The van der Waals surface area contributed by atoms with Gasteiger partial charge in [0.2, 0.25) is 5.95 Å². The Morgan fingerprint density at radius 1 is 1.47 bits per heavy atom. The molecule has 1 rings (SSSR count). The van der Waals surface area contributed by atoms with Gasteiger partial charge in [-0.05, 0) is 43.9 Å². The molecule has 0 aliphatic heterocycles. The largest absolute Gasteiger partial charge is 0.367 e. The molecule has 0 saturated heterocycles. The van der Waals surface area contributed by atoms with E-state index < -0.39 is 0 Å². The molecule has 6 nitrogen and oxygen atoms in total. The van der Waals surface area contributed by atoms with E-state index in [1.807, 2.05) is 14.1 Å². The van der Waals surface area contributed by atoms with Gasteiger partial charge >= 0.3 is 0 Å². The van der Waals surface area contributed by atoms with Gasteiger partial charge in [0.15, 0.2) is 0 Å². The smallest absolute Gasteiger partial charge is 0.239 e. The van der Waals surface area contributed by atoms with Crippen molar-refractivity contribution in [2.75, 3.05) is 31.4 Å². The lowest BCUT2D eigenvalue weighted by atomic mass is 10.0. The van der Waals surface area contributed by atoms with Crippen LogP contribution < -0.4 is 16.6 Å². The Morgan fingerprint density at radius 2 is 2.12 bits per heavy atom. The molecule has 0 aliphatic carbocycles. The molecule has 0 amide bonds. The number of aromatic nitrogens is 2. The highest BCUT2D eigenvalue weighted by molar-refractivity contribution is 9.10. The van der Waals surface area contributed by atoms with Crippen LogP contribution in [0.5, 0.6) is 0 Å². The lowest BCUT2D eigenvalue weighted by molar-refractivity contribution is 0.210. The minimum Gasteiger partial charge on any atom is -0.367 e. The molecule has 0 bridgehead atoms. The Hall–Kier alpha value is -0.920. The Labute approximate surface area is 110 Å². The van der Waals surface area contributed by atoms with E-state index in [0.717, 1.165) is 16.8 Å². The van der Waals surface area contributed by atoms with Gasteiger partial charge in [-0.25, -0.2) is 10.8 Å². The van der Waals surface area contributed by atoms with Crippen molar-refractivity contribution in [3.63, 3.8) is 0 Å². The summed E-state index contributed by atoms with van der Waals surface area (Å²) in [5.41, 5.74) is 2.45. The summed E-state index contributed by atoms with van der Waals surface area (Å²) in [6, 6.07) is 0. The maximum Gasteiger partial charge on any atom is 0.239 e. The number of likely N-dealkylation sites (N-methyl/N-ethyl adjacent to an activating group) is 1. The fraction of sp³-hybridized carbons (Fsp3) is 0.600. The van der Waals surface area contributed by atoms with E-state index in [1.165, 1.54) is 0 Å². The van der Waals surface area contributed by atoms with E-state index >= 15 is 0 Å². The average Bonchev–Trinajstić information content (AvgIpc) is 2.28. The maximum absolute atomic E-state index is 5.27. The molecule has 0 unspecified atom stereocenters. The maximum atomic E-state index is 5.27. The highest BCUT2D eigenvalue weighted by Gasteiger charge is 2.20. The van der Waals surface area contributed by atoms with Crippen LogP contribution in [0.1, 0.15) is 13.8 Å². The predicted molar refractivity (Wildman–Crippen MR) is 73.8 cm³/mol. The minimum atomic E-state index is 0.0285. The van der Waals surface area contributed by atoms with Crippen molar-refractivity contribution >= 4 is 27.7 Å². The van der Waals surface area contributed by atoms with E-state index in [9.17, 15) is 0 Å². The van der Waals surface area contributed by atoms with Crippen molar-refractivity contribution in [1.82, 2.24) is 14.9 Å². The van der Waals surface area contributed by atoms with Gasteiger partial charge in [-0.15, -0.1) is 0 Å². The highest BCUT2D eigenvalue weighted by atomic mass is 79.9. The van der Waals surface area contributed by atoms with Crippen molar-refractivity contribution in [3.05, 3.63) is 10.7 Å². The van der Waals surface area contributed by atoms with Crippen LogP contribution in [0.4, 0.5) is 11.8 Å². The molecule has 0 aliphatic rings. The lowest BCUT2D eigenvalue weighted by Crippen LogP contribution is -2.44. The first-order valence-corrected chi connectivity index (χ1v) is 6.06. The number of nitrogens with two attached hydrogens (primary N) is 1. The van der Waals surface area contributed by atoms with Crippen LogP contribution in [0.3, 0.4) is 0 Å². The molecule has 0 fully saturated rings. The molecule has 0 radical (unpaired) electrons. The number of rotatable bonds is 5. The van der Waals surface area contributed by atoms with Crippen molar-refractivity contribution < 1.29 is 0 Å². The Bertz CT molecular complexity index is 379. The van der Waals surface area contributed by atoms with Crippen LogP contribution in [0, 0.1) is 0 Å². The summed E-state index contributed by atoms with van der Waals surface area (Å²) in [5, 5.41) is 3.27. The zero-order chi connectivity index (χ0) is 13.1. The summed E-state index contributed by atoms with van der Waals surface area (Å²) in [6.07, 6.45) is 1.66. The van der Waals surface area contributed by atoms with E-state index in [4.69, 9.17) is 5.84 Å². The summed E-state index contributed by atoms with van der Waals surface area (Å²) in [4.78, 5) is 10.4. The van der Waals surface area contributed by atoms with Crippen LogP contribution in [-0.2, 0) is 0 Å². The zero-order valence-electron chi connectivity index (χ0n) is 10.6. The fourth-order valence-electron chi connectivity index (χ4n) is 1.02. The average molecular weight is 303 g/mol. The molecular weight excluding hydrogens is 284 g/mol. The molecule has 0 saturated carbocycles. The summed E-state index contributed by atoms with van der Waals surface area (Å²) in [5.74, 6) is 6.38. The minimum absolute atomic E-state index is 0.0285. The molecule has 17 heavy (non-hydrogen) atoms. The van der Waals surface area contributed by atoms with Crippen LogP contribution in [-0.4, -0.2) is 41.0 Å². The quantitative estimate of drug-likeness (QED) is 0.562. The van der Waals surface area contributed by atoms with Crippen LogP contribution in [0.25, 0.3) is 0 Å². The first-order valence-electron chi connectivity index (χ1n) is 5.27. The molecule has 1 heterocycles. The van der Waals surface area contributed by atoms with Gasteiger partial charge in [0.25, 0.3) is 0 Å². The number of hydrogen-bond acceptors (Lipinski definition) is 6. The van der Waals surface area contributed by atoms with Gasteiger partial charge in [0.05, 0.1) is 4.47 Å². The molecule has 4 N–H and O–H groups in total. The summed E-state index contributed by atoms with van der Waals surface area (Å²) < 4.78 is 0.811. The topological polar surface area (TPSA) is 79.1 Å². The number of hydrazine groups is 1. The molecule has 0 aromatic carbocycles. The fourth-order valence-corrected chi connectivity index (χ4v) is 1.35. The van der Waals surface area contributed by atoms with Gasteiger partial charge in [-0.2, -0.15) is 4.98 Å². The standard InChI is InChI=1S/C10H19BrN6/c1-10(2,17(3)4)6-14-8-7(11)5-13-9(15-8)16-12/h5H,6,12H2,1-4H3,(H2,13,14,15,16). The summed E-state index contributed by atoms with van der Waals surface area (Å²) >= 11 is 3.39. The van der Waals surface area contributed by atoms with E-state index in [-0.39, 0.29) is 5.54 Å². The van der Waals surface area contributed by atoms with Gasteiger partial charge in [-0.1, -0.05) is 0 Å². The van der Waals surface area contributed by atoms with Gasteiger partial charge < -0.3 is 10.2 Å². The van der Waals surface area contributed by atoms with Crippen molar-refractivity contribution in [2.45, 2.75) is 19.4 Å². The predicted octanol–water partition coefficient (Wildman–Crippen LogP) is 1.28. The van der Waals surface area contributed by atoms with Crippen molar-refractivity contribution in [1.29, 1.82) is 0 Å². The van der Waals surface area contributed by atoms with E-state index in [1.54, 1.807) is 6.20 Å². The number of halogens is 1. The normalized spacial score (nSPS) is 11.7. The van der Waals surface area contributed by atoms with Gasteiger partial charge in [0.1, 0.15) is 5.82 Å². The van der Waals surface area contributed by atoms with Gasteiger partial charge in [-0.3, -0.25) is 5.43 Å². The Balaban J connectivity index is 2.75. The second-order valence-electron chi connectivity index (χ2n) is 4.59. The molecule has 1 aromatic rings. The summed E-state index contributed by atoms with van der Waals surface area (Å²) in [7, 11) is 4.09. The number of hydrogen-bond donors (Lipinski definition) is 3. The number of anilines is 2. The third kappa shape index (κ3) is 3.79. The molecule has 7 heteroatoms. The molecule has 1 aromatic heterocycles. The van der Waals surface area contributed by atoms with E-state index in [2.05, 4.69) is 55.4 Å². The van der Waals surface area contributed by atoms with Crippen molar-refractivity contribution in [2.24, 2.45) is 5.84 Å². The molecular formula is C10H19BrN6. The molecule has 0 spiro atoms. The monoisotopic (exact) mass is 302 g/mol. The van der Waals surface area contributed by atoms with Crippen molar-refractivity contribution in [3.8, 4) is 0 Å². The highest BCUT2D eigenvalue weighted by Crippen LogP contribution is 2.21. The van der Waals surface area contributed by atoms with E-state index in [0.29, 0.717) is 5.95 Å². The number of nitrogens with zero attached hydrogens (tertiary/aromatic N) is 3. The van der Waals surface area contributed by atoms with Crippen LogP contribution in [0.2, 0.25) is 0 Å². The first-order chi connectivity index (χ1) is 7.86. The van der Waals surface area contributed by atoms with Crippen LogP contribution >= 0.6 is 15.9 Å². The second kappa shape index (κ2) is 5.61.